The summed E-state index contributed by atoms with van der Waals surface area (Å²) in [6.45, 7) is 3.76. The molecule has 2 atom stereocenters. The summed E-state index contributed by atoms with van der Waals surface area (Å²) in [6.07, 6.45) is 1.07. The SMILES string of the molecule is CC(=O)N[C@H]1c2ccccc2C[C@H]1C. The minimum Gasteiger partial charge on any atom is -0.349 e. The number of hydrogen-bond acceptors (Lipinski definition) is 1. The molecule has 0 spiro atoms. The van der Waals surface area contributed by atoms with E-state index >= 15 is 0 Å². The molecule has 2 heteroatoms. The molecule has 1 N–H and O–H groups in total. The van der Waals surface area contributed by atoms with Gasteiger partial charge in [0.1, 0.15) is 0 Å². The van der Waals surface area contributed by atoms with E-state index in [0.717, 1.165) is 6.42 Å². The zero-order valence-electron chi connectivity index (χ0n) is 8.58. The number of fused-ring (bicyclic) bond motifs is 1. The Hall–Kier alpha value is -1.31. The lowest BCUT2D eigenvalue weighted by atomic mass is 10.0. The lowest BCUT2D eigenvalue weighted by molar-refractivity contribution is -0.119. The van der Waals surface area contributed by atoms with Crippen LogP contribution in [0.5, 0.6) is 0 Å². The fourth-order valence-electron chi connectivity index (χ4n) is 2.23. The van der Waals surface area contributed by atoms with E-state index in [1.54, 1.807) is 6.92 Å². The molecule has 1 aromatic carbocycles. The van der Waals surface area contributed by atoms with E-state index in [9.17, 15) is 4.79 Å². The van der Waals surface area contributed by atoms with E-state index in [1.165, 1.54) is 11.1 Å². The average Bonchev–Trinajstić information content (AvgIpc) is 2.43. The highest BCUT2D eigenvalue weighted by Crippen LogP contribution is 2.35. The van der Waals surface area contributed by atoms with Gasteiger partial charge in [0.05, 0.1) is 6.04 Å². The van der Waals surface area contributed by atoms with Crippen molar-refractivity contribution in [1.29, 1.82) is 0 Å². The van der Waals surface area contributed by atoms with Crippen molar-refractivity contribution in [3.63, 3.8) is 0 Å². The van der Waals surface area contributed by atoms with Gasteiger partial charge in [-0.1, -0.05) is 31.2 Å². The van der Waals surface area contributed by atoms with Gasteiger partial charge in [0.25, 0.3) is 0 Å². The highest BCUT2D eigenvalue weighted by atomic mass is 16.1. The molecule has 0 aliphatic heterocycles. The van der Waals surface area contributed by atoms with Crippen LogP contribution in [0.4, 0.5) is 0 Å². The first kappa shape index (κ1) is 9.25. The molecule has 1 aromatic rings. The molecular formula is C12H15NO. The quantitative estimate of drug-likeness (QED) is 0.719. The zero-order valence-corrected chi connectivity index (χ0v) is 8.58. The predicted octanol–water partition coefficient (Wildman–Crippen LogP) is 2.06. The second-order valence-electron chi connectivity index (χ2n) is 4.06. The fourth-order valence-corrected chi connectivity index (χ4v) is 2.23. The Morgan fingerprint density at radius 2 is 2.14 bits per heavy atom. The third-order valence-corrected chi connectivity index (χ3v) is 2.86. The largest absolute Gasteiger partial charge is 0.349 e. The van der Waals surface area contributed by atoms with Crippen LogP contribution in [0.1, 0.15) is 31.0 Å². The molecule has 0 heterocycles. The number of hydrogen-bond donors (Lipinski definition) is 1. The van der Waals surface area contributed by atoms with Gasteiger partial charge in [-0.05, 0) is 23.5 Å². The maximum atomic E-state index is 11.0. The van der Waals surface area contributed by atoms with Crippen LogP contribution in [-0.4, -0.2) is 5.91 Å². The van der Waals surface area contributed by atoms with E-state index in [-0.39, 0.29) is 11.9 Å². The number of carbonyl (C=O) groups excluding carboxylic acids is 1. The first-order chi connectivity index (χ1) is 6.68. The average molecular weight is 189 g/mol. The Morgan fingerprint density at radius 3 is 2.86 bits per heavy atom. The number of rotatable bonds is 1. The van der Waals surface area contributed by atoms with E-state index in [0.29, 0.717) is 5.92 Å². The van der Waals surface area contributed by atoms with Crippen molar-refractivity contribution in [2.75, 3.05) is 0 Å². The van der Waals surface area contributed by atoms with Crippen LogP contribution in [0.25, 0.3) is 0 Å². The van der Waals surface area contributed by atoms with Gasteiger partial charge < -0.3 is 5.32 Å². The molecule has 0 aromatic heterocycles. The molecule has 14 heavy (non-hydrogen) atoms. The van der Waals surface area contributed by atoms with E-state index in [4.69, 9.17) is 0 Å². The highest BCUT2D eigenvalue weighted by molar-refractivity contribution is 5.73. The number of carbonyl (C=O) groups is 1. The van der Waals surface area contributed by atoms with Crippen molar-refractivity contribution in [2.24, 2.45) is 5.92 Å². The maximum absolute atomic E-state index is 11.0. The Labute approximate surface area is 84.3 Å². The van der Waals surface area contributed by atoms with Gasteiger partial charge in [0.2, 0.25) is 5.91 Å². The van der Waals surface area contributed by atoms with Gasteiger partial charge in [-0.25, -0.2) is 0 Å². The van der Waals surface area contributed by atoms with E-state index < -0.39 is 0 Å². The highest BCUT2D eigenvalue weighted by Gasteiger charge is 2.29. The van der Waals surface area contributed by atoms with Crippen LogP contribution >= 0.6 is 0 Å². The molecule has 0 fully saturated rings. The van der Waals surface area contributed by atoms with Crippen LogP contribution in [0.2, 0.25) is 0 Å². The van der Waals surface area contributed by atoms with Crippen molar-refractivity contribution in [1.82, 2.24) is 5.32 Å². The summed E-state index contributed by atoms with van der Waals surface area (Å²) in [5.74, 6) is 0.565. The summed E-state index contributed by atoms with van der Waals surface area (Å²) in [5.41, 5.74) is 2.66. The molecule has 0 radical (unpaired) electrons. The zero-order chi connectivity index (χ0) is 10.1. The molecule has 0 saturated carbocycles. The Balaban J connectivity index is 2.30. The standard InChI is InChI=1S/C12H15NO/c1-8-7-10-5-3-4-6-11(10)12(8)13-9(2)14/h3-6,8,12H,7H2,1-2H3,(H,13,14)/t8-,12-/m1/s1. The van der Waals surface area contributed by atoms with Crippen LogP contribution in [-0.2, 0) is 11.2 Å². The van der Waals surface area contributed by atoms with Gasteiger partial charge >= 0.3 is 0 Å². The lowest BCUT2D eigenvalue weighted by Gasteiger charge is -2.17. The topological polar surface area (TPSA) is 29.1 Å². The third-order valence-electron chi connectivity index (χ3n) is 2.86. The number of amides is 1. The second kappa shape index (κ2) is 3.45. The molecule has 1 aliphatic rings. The van der Waals surface area contributed by atoms with Crippen molar-refractivity contribution in [3.05, 3.63) is 35.4 Å². The summed E-state index contributed by atoms with van der Waals surface area (Å²) in [6, 6.07) is 8.56. The molecule has 0 saturated heterocycles. The Bertz CT molecular complexity index is 359. The van der Waals surface area contributed by atoms with Crippen LogP contribution in [0.3, 0.4) is 0 Å². The third kappa shape index (κ3) is 1.52. The predicted molar refractivity (Wildman–Crippen MR) is 55.9 cm³/mol. The molecule has 0 unspecified atom stereocenters. The minimum atomic E-state index is 0.0542. The van der Waals surface area contributed by atoms with Gasteiger partial charge in [-0.2, -0.15) is 0 Å². The smallest absolute Gasteiger partial charge is 0.217 e. The summed E-state index contributed by atoms with van der Waals surface area (Å²) in [4.78, 5) is 11.0. The van der Waals surface area contributed by atoms with Gasteiger partial charge in [0.15, 0.2) is 0 Å². The molecule has 74 valence electrons. The summed E-state index contributed by atoms with van der Waals surface area (Å²) in [5, 5.41) is 3.01. The number of benzene rings is 1. The first-order valence-corrected chi connectivity index (χ1v) is 5.03. The minimum absolute atomic E-state index is 0.0542. The van der Waals surface area contributed by atoms with Crippen LogP contribution in [0, 0.1) is 5.92 Å². The molecule has 2 rings (SSSR count). The van der Waals surface area contributed by atoms with Crippen molar-refractivity contribution in [2.45, 2.75) is 26.3 Å². The van der Waals surface area contributed by atoms with Crippen molar-refractivity contribution in [3.8, 4) is 0 Å². The molecule has 1 amide bonds. The first-order valence-electron chi connectivity index (χ1n) is 5.03. The van der Waals surface area contributed by atoms with Crippen LogP contribution < -0.4 is 5.32 Å². The second-order valence-corrected chi connectivity index (χ2v) is 4.06. The van der Waals surface area contributed by atoms with E-state index in [1.807, 2.05) is 6.07 Å². The fraction of sp³-hybridized carbons (Fsp3) is 0.417. The Morgan fingerprint density at radius 1 is 1.43 bits per heavy atom. The van der Waals surface area contributed by atoms with Crippen molar-refractivity contribution >= 4 is 5.91 Å². The molecule has 2 nitrogen and oxygen atoms in total. The van der Waals surface area contributed by atoms with Gasteiger partial charge in [-0.15, -0.1) is 0 Å². The van der Waals surface area contributed by atoms with Gasteiger partial charge in [-0.3, -0.25) is 4.79 Å². The van der Waals surface area contributed by atoms with E-state index in [2.05, 4.69) is 30.4 Å². The van der Waals surface area contributed by atoms with Crippen molar-refractivity contribution < 1.29 is 4.79 Å². The summed E-state index contributed by atoms with van der Waals surface area (Å²) >= 11 is 0. The monoisotopic (exact) mass is 189 g/mol. The maximum Gasteiger partial charge on any atom is 0.217 e. The molecule has 0 bridgehead atoms. The number of nitrogens with one attached hydrogen (secondary N) is 1. The molecular weight excluding hydrogens is 174 g/mol. The Kier molecular flexibility index (Phi) is 2.28. The molecule has 1 aliphatic carbocycles. The summed E-state index contributed by atoms with van der Waals surface area (Å²) in [7, 11) is 0. The van der Waals surface area contributed by atoms with Gasteiger partial charge in [0, 0.05) is 6.92 Å². The summed E-state index contributed by atoms with van der Waals surface area (Å²) < 4.78 is 0. The normalized spacial score (nSPS) is 24.4. The van der Waals surface area contributed by atoms with Crippen LogP contribution in [0.15, 0.2) is 24.3 Å². The lowest BCUT2D eigenvalue weighted by Crippen LogP contribution is -2.28.